The van der Waals surface area contributed by atoms with Crippen LogP contribution in [0.25, 0.3) is 0 Å². The number of sulfonamides is 1. The Morgan fingerprint density at radius 3 is 2.38 bits per heavy atom. The maximum Gasteiger partial charge on any atom is 0.245 e. The molecule has 0 saturated heterocycles. The van der Waals surface area contributed by atoms with E-state index in [1.165, 1.54) is 18.2 Å². The topological polar surface area (TPSA) is 75.7 Å². The number of nitrogens with one attached hydrogen (secondary N) is 1. The summed E-state index contributed by atoms with van der Waals surface area (Å²) in [6, 6.07) is 11.1. The summed E-state index contributed by atoms with van der Waals surface area (Å²) in [5, 5.41) is 3.31. The van der Waals surface area contributed by atoms with Crippen LogP contribution in [0.5, 0.6) is 5.75 Å². The molecule has 2 rings (SSSR count). The molecule has 0 saturated carbocycles. The molecule has 0 spiro atoms. The minimum Gasteiger partial charge on any atom is -0.494 e. The van der Waals surface area contributed by atoms with Crippen LogP contribution in [0, 0.1) is 0 Å². The van der Waals surface area contributed by atoms with Gasteiger partial charge in [-0.2, -0.15) is 0 Å². The molecule has 0 fully saturated rings. The molecule has 0 aromatic heterocycles. The van der Waals surface area contributed by atoms with Crippen LogP contribution < -0.4 is 14.4 Å². The van der Waals surface area contributed by atoms with Crippen molar-refractivity contribution >= 4 is 50.5 Å². The molecule has 1 N–H and O–H groups in total. The van der Waals surface area contributed by atoms with Gasteiger partial charge in [-0.3, -0.25) is 9.10 Å². The summed E-state index contributed by atoms with van der Waals surface area (Å²) in [6.07, 6.45) is 1.03. The maximum atomic E-state index is 12.3. The molecule has 0 aliphatic heterocycles. The highest BCUT2D eigenvalue weighted by molar-refractivity contribution is 7.92. The molecule has 1 amide bonds. The van der Waals surface area contributed by atoms with E-state index in [-0.39, 0.29) is 0 Å². The summed E-state index contributed by atoms with van der Waals surface area (Å²) >= 11 is 11.8. The van der Waals surface area contributed by atoms with Crippen LogP contribution in [0.3, 0.4) is 0 Å². The van der Waals surface area contributed by atoms with E-state index < -0.39 is 22.5 Å². The second-order valence-electron chi connectivity index (χ2n) is 5.41. The quantitative estimate of drug-likeness (QED) is 0.744. The van der Waals surface area contributed by atoms with Gasteiger partial charge < -0.3 is 10.1 Å². The summed E-state index contributed by atoms with van der Waals surface area (Å²) in [5.74, 6) is -0.0174. The van der Waals surface area contributed by atoms with Gasteiger partial charge in [0.05, 0.1) is 18.6 Å². The lowest BCUT2D eigenvalue weighted by atomic mass is 10.3. The number of halogens is 2. The molecule has 0 aliphatic carbocycles. The van der Waals surface area contributed by atoms with E-state index in [9.17, 15) is 13.2 Å². The predicted octanol–water partition coefficient (Wildman–Crippen LogP) is 3.80. The van der Waals surface area contributed by atoms with Gasteiger partial charge in [0.1, 0.15) is 12.3 Å². The Morgan fingerprint density at radius 2 is 1.81 bits per heavy atom. The van der Waals surface area contributed by atoms with Gasteiger partial charge in [0.15, 0.2) is 0 Å². The smallest absolute Gasteiger partial charge is 0.245 e. The third kappa shape index (κ3) is 5.79. The Hall–Kier alpha value is -1.96. The number of carbonyl (C=O) groups excluding carboxylic acids is 1. The first-order chi connectivity index (χ1) is 12.2. The average Bonchev–Trinajstić information content (AvgIpc) is 2.51. The summed E-state index contributed by atoms with van der Waals surface area (Å²) < 4.78 is 30.7. The molecule has 0 unspecified atom stereocenters. The molecule has 0 aliphatic rings. The van der Waals surface area contributed by atoms with Crippen molar-refractivity contribution in [2.24, 2.45) is 0 Å². The van der Waals surface area contributed by atoms with E-state index in [1.807, 2.05) is 6.92 Å². The highest BCUT2D eigenvalue weighted by atomic mass is 35.5. The molecule has 0 atom stereocenters. The van der Waals surface area contributed by atoms with Gasteiger partial charge in [0, 0.05) is 21.8 Å². The number of carbonyl (C=O) groups is 1. The van der Waals surface area contributed by atoms with Gasteiger partial charge in [-0.15, -0.1) is 0 Å². The fourth-order valence-electron chi connectivity index (χ4n) is 2.25. The Labute approximate surface area is 162 Å². The summed E-state index contributed by atoms with van der Waals surface area (Å²) in [5.41, 5.74) is 0.710. The van der Waals surface area contributed by atoms with Crippen molar-refractivity contribution in [2.75, 3.05) is 29.0 Å². The molecule has 26 heavy (non-hydrogen) atoms. The maximum absolute atomic E-state index is 12.3. The van der Waals surface area contributed by atoms with Gasteiger partial charge in [0.2, 0.25) is 15.9 Å². The first-order valence-electron chi connectivity index (χ1n) is 7.65. The molecule has 0 radical (unpaired) electrons. The summed E-state index contributed by atoms with van der Waals surface area (Å²) in [4.78, 5) is 12.3. The SMILES string of the molecule is CCOc1cccc(N(CC(=O)Nc2cc(Cl)cc(Cl)c2)S(C)(=O)=O)c1. The molecule has 140 valence electrons. The molecule has 0 heterocycles. The monoisotopic (exact) mass is 416 g/mol. The number of rotatable bonds is 7. The number of hydrogen-bond acceptors (Lipinski definition) is 4. The van der Waals surface area contributed by atoms with Crippen LogP contribution in [-0.2, 0) is 14.8 Å². The van der Waals surface area contributed by atoms with Gasteiger partial charge >= 0.3 is 0 Å². The van der Waals surface area contributed by atoms with Crippen molar-refractivity contribution in [3.05, 3.63) is 52.5 Å². The number of anilines is 2. The Kier molecular flexibility index (Phi) is 6.75. The van der Waals surface area contributed by atoms with E-state index >= 15 is 0 Å². The van der Waals surface area contributed by atoms with E-state index in [0.29, 0.717) is 33.8 Å². The number of amides is 1. The summed E-state index contributed by atoms with van der Waals surface area (Å²) in [7, 11) is -3.69. The van der Waals surface area contributed by atoms with Crippen LogP contribution in [0.1, 0.15) is 6.92 Å². The predicted molar refractivity (Wildman–Crippen MR) is 105 cm³/mol. The van der Waals surface area contributed by atoms with E-state index in [1.54, 1.807) is 24.3 Å². The lowest BCUT2D eigenvalue weighted by Gasteiger charge is -2.22. The van der Waals surface area contributed by atoms with Crippen LogP contribution >= 0.6 is 23.2 Å². The zero-order valence-electron chi connectivity index (χ0n) is 14.2. The zero-order valence-corrected chi connectivity index (χ0v) is 16.5. The van der Waals surface area contributed by atoms with E-state index in [0.717, 1.165) is 10.6 Å². The standard InChI is InChI=1S/C17H18Cl2N2O4S/c1-3-25-16-6-4-5-15(10-16)21(26(2,23)24)11-17(22)20-14-8-12(18)7-13(19)9-14/h4-10H,3,11H2,1-2H3,(H,20,22). The molecule has 2 aromatic carbocycles. The van der Waals surface area contributed by atoms with Crippen molar-refractivity contribution in [3.8, 4) is 5.75 Å². The number of ether oxygens (including phenoxy) is 1. The third-order valence-corrected chi connectivity index (χ3v) is 4.83. The molecule has 0 bridgehead atoms. The van der Waals surface area contributed by atoms with Crippen molar-refractivity contribution in [3.63, 3.8) is 0 Å². The largest absolute Gasteiger partial charge is 0.494 e. The molecular weight excluding hydrogens is 399 g/mol. The molecular formula is C17H18Cl2N2O4S. The Balaban J connectivity index is 2.23. The highest BCUT2D eigenvalue weighted by Gasteiger charge is 2.21. The molecule has 2 aromatic rings. The lowest BCUT2D eigenvalue weighted by Crippen LogP contribution is -2.37. The fourth-order valence-corrected chi connectivity index (χ4v) is 3.63. The Bertz CT molecular complexity index is 883. The highest BCUT2D eigenvalue weighted by Crippen LogP contribution is 2.25. The van der Waals surface area contributed by atoms with Crippen molar-refractivity contribution in [2.45, 2.75) is 6.92 Å². The molecule has 9 heteroatoms. The second-order valence-corrected chi connectivity index (χ2v) is 8.19. The molecule has 6 nitrogen and oxygen atoms in total. The van der Waals surface area contributed by atoms with E-state index in [4.69, 9.17) is 27.9 Å². The van der Waals surface area contributed by atoms with Crippen LogP contribution in [-0.4, -0.2) is 33.7 Å². The van der Waals surface area contributed by atoms with Crippen molar-refractivity contribution < 1.29 is 17.9 Å². The third-order valence-electron chi connectivity index (χ3n) is 3.25. The lowest BCUT2D eigenvalue weighted by molar-refractivity contribution is -0.114. The van der Waals surface area contributed by atoms with Crippen LogP contribution in [0.15, 0.2) is 42.5 Å². The van der Waals surface area contributed by atoms with E-state index in [2.05, 4.69) is 5.32 Å². The van der Waals surface area contributed by atoms with Crippen LogP contribution in [0.4, 0.5) is 11.4 Å². The number of hydrogen-bond donors (Lipinski definition) is 1. The van der Waals surface area contributed by atoms with Gasteiger partial charge in [-0.05, 0) is 37.3 Å². The zero-order chi connectivity index (χ0) is 19.3. The normalized spacial score (nSPS) is 11.1. The fraction of sp³-hybridized carbons (Fsp3) is 0.235. The average molecular weight is 417 g/mol. The van der Waals surface area contributed by atoms with Crippen molar-refractivity contribution in [1.29, 1.82) is 0 Å². The van der Waals surface area contributed by atoms with Gasteiger partial charge in [-0.25, -0.2) is 8.42 Å². The first kappa shape index (κ1) is 20.4. The van der Waals surface area contributed by atoms with Crippen molar-refractivity contribution in [1.82, 2.24) is 0 Å². The van der Waals surface area contributed by atoms with Gasteiger partial charge in [-0.1, -0.05) is 29.3 Å². The first-order valence-corrected chi connectivity index (χ1v) is 10.3. The Morgan fingerprint density at radius 1 is 1.15 bits per heavy atom. The van der Waals surface area contributed by atoms with Gasteiger partial charge in [0.25, 0.3) is 0 Å². The summed E-state index contributed by atoms with van der Waals surface area (Å²) in [6.45, 7) is 1.86. The minimum absolute atomic E-state index is 0.331. The minimum atomic E-state index is -3.69. The number of benzene rings is 2. The second kappa shape index (κ2) is 8.62. The number of nitrogens with zero attached hydrogens (tertiary/aromatic N) is 1. The van der Waals surface area contributed by atoms with Crippen LogP contribution in [0.2, 0.25) is 10.0 Å².